The summed E-state index contributed by atoms with van der Waals surface area (Å²) in [5.74, 6) is 0.0460. The predicted octanol–water partition coefficient (Wildman–Crippen LogP) is 5.77. The molecule has 11 nitrogen and oxygen atoms in total. The van der Waals surface area contributed by atoms with Gasteiger partial charge >= 0.3 is 6.18 Å². The lowest BCUT2D eigenvalue weighted by Gasteiger charge is -2.47. The fourth-order valence-electron chi connectivity index (χ4n) is 5.59. The first-order valence-corrected chi connectivity index (χ1v) is 15.2. The topological polar surface area (TPSA) is 122 Å². The Morgan fingerprint density at radius 1 is 1.04 bits per heavy atom. The monoisotopic (exact) mass is 679 g/mol. The highest BCUT2D eigenvalue weighted by Gasteiger charge is 2.53. The summed E-state index contributed by atoms with van der Waals surface area (Å²) in [5.41, 5.74) is -0.128. The molecule has 6 atom stereocenters. The second-order valence-electron chi connectivity index (χ2n) is 10.4. The number of nitrogens with zero attached hydrogens (tertiary/aromatic N) is 7. The van der Waals surface area contributed by atoms with Gasteiger partial charge in [-0.3, -0.25) is 4.57 Å². The number of aryl methyl sites for hydroxylation is 1. The molecule has 2 aliphatic rings. The van der Waals surface area contributed by atoms with E-state index in [1.807, 2.05) is 30.3 Å². The summed E-state index contributed by atoms with van der Waals surface area (Å²) in [6.45, 7) is 1.53. The number of rotatable bonds is 5. The van der Waals surface area contributed by atoms with Crippen LogP contribution in [0.25, 0.3) is 16.4 Å². The van der Waals surface area contributed by atoms with Crippen molar-refractivity contribution in [1.29, 1.82) is 0 Å². The molecule has 7 rings (SSSR count). The van der Waals surface area contributed by atoms with Crippen LogP contribution in [0.3, 0.4) is 0 Å². The second-order valence-corrected chi connectivity index (χ2v) is 12.1. The first-order chi connectivity index (χ1) is 21.6. The zero-order valence-corrected chi connectivity index (χ0v) is 25.4. The van der Waals surface area contributed by atoms with E-state index in [4.69, 9.17) is 37.4 Å². The van der Waals surface area contributed by atoms with Crippen molar-refractivity contribution in [3.05, 3.63) is 93.1 Å². The van der Waals surface area contributed by atoms with Crippen LogP contribution in [0.1, 0.15) is 41.2 Å². The highest BCUT2D eigenvalue weighted by Crippen LogP contribution is 2.45. The smallest absolute Gasteiger partial charge is 0.388 e. The number of aliphatic hydroxyl groups excluding tert-OH is 1. The van der Waals surface area contributed by atoms with Crippen molar-refractivity contribution in [1.82, 2.24) is 34.7 Å². The van der Waals surface area contributed by atoms with Gasteiger partial charge in [-0.1, -0.05) is 58.7 Å². The zero-order valence-electron chi connectivity index (χ0n) is 23.0. The first kappa shape index (κ1) is 30.2. The van der Waals surface area contributed by atoms with Crippen LogP contribution >= 0.6 is 34.5 Å². The van der Waals surface area contributed by atoms with Crippen molar-refractivity contribution in [2.45, 2.75) is 49.8 Å². The molecule has 0 spiro atoms. The van der Waals surface area contributed by atoms with Gasteiger partial charge in [0.2, 0.25) is 0 Å². The predicted molar refractivity (Wildman–Crippen MR) is 155 cm³/mol. The van der Waals surface area contributed by atoms with E-state index in [9.17, 15) is 18.3 Å². The Morgan fingerprint density at radius 3 is 2.58 bits per heavy atom. The number of hydrogen-bond acceptors (Lipinski definition) is 10. The van der Waals surface area contributed by atoms with Crippen molar-refractivity contribution in [3.8, 4) is 16.4 Å². The molecular formula is C28H22Cl2F3N7O4S. The summed E-state index contributed by atoms with van der Waals surface area (Å²) in [5, 5.41) is 31.2. The highest BCUT2D eigenvalue weighted by molar-refractivity contribution is 7.13. The summed E-state index contributed by atoms with van der Waals surface area (Å²) in [4.78, 5) is 4.24. The van der Waals surface area contributed by atoms with Crippen LogP contribution in [0.15, 0.2) is 60.1 Å². The van der Waals surface area contributed by atoms with Crippen LogP contribution in [0, 0.1) is 6.92 Å². The quantitative estimate of drug-likeness (QED) is 0.247. The molecule has 2 fully saturated rings. The SMILES string of the molecule is Cc1nnc([C@@H]2OC3COC(c4ccccc4)O[C@@H]3C(n3cc(-c4nc(Cl)cs4)nn3)C2O)n1-c1cc(Cl)ccc1C(F)(F)F. The third-order valence-corrected chi connectivity index (χ3v) is 8.99. The van der Waals surface area contributed by atoms with Crippen molar-refractivity contribution in [3.63, 3.8) is 0 Å². The van der Waals surface area contributed by atoms with E-state index in [2.05, 4.69) is 25.5 Å². The Labute approximate surface area is 267 Å². The van der Waals surface area contributed by atoms with Crippen LogP contribution in [-0.2, 0) is 20.4 Å². The molecule has 0 amide bonds. The number of aromatic nitrogens is 7. The number of benzene rings is 2. The third-order valence-electron chi connectivity index (χ3n) is 7.57. The van der Waals surface area contributed by atoms with Gasteiger partial charge in [-0.15, -0.1) is 26.6 Å². The van der Waals surface area contributed by atoms with Gasteiger partial charge in [-0.05, 0) is 25.1 Å². The maximum atomic E-state index is 14.1. The normalized spacial score (nSPS) is 25.3. The molecule has 234 valence electrons. The Morgan fingerprint density at radius 2 is 1.84 bits per heavy atom. The van der Waals surface area contributed by atoms with Gasteiger partial charge in [0.15, 0.2) is 12.1 Å². The van der Waals surface area contributed by atoms with E-state index >= 15 is 0 Å². The number of halogens is 5. The Kier molecular flexibility index (Phi) is 7.88. The maximum Gasteiger partial charge on any atom is 0.418 e. The lowest BCUT2D eigenvalue weighted by Crippen LogP contribution is -2.57. The lowest BCUT2D eigenvalue weighted by molar-refractivity contribution is -0.319. The number of thiazole rings is 1. The van der Waals surface area contributed by atoms with Gasteiger partial charge in [-0.2, -0.15) is 13.2 Å². The molecule has 0 saturated carbocycles. The molecule has 5 heterocycles. The van der Waals surface area contributed by atoms with Gasteiger partial charge < -0.3 is 19.3 Å². The average Bonchev–Trinajstić information content (AvgIpc) is 3.76. The van der Waals surface area contributed by atoms with Crippen LogP contribution in [0.2, 0.25) is 10.2 Å². The minimum absolute atomic E-state index is 0.0334. The molecule has 17 heteroatoms. The van der Waals surface area contributed by atoms with Crippen LogP contribution in [0.4, 0.5) is 13.2 Å². The lowest BCUT2D eigenvalue weighted by atomic mass is 9.91. The molecule has 1 N–H and O–H groups in total. The molecule has 0 aliphatic carbocycles. The maximum absolute atomic E-state index is 14.1. The molecule has 5 aromatic rings. The Hall–Kier alpha value is -3.44. The average molecular weight is 680 g/mol. The van der Waals surface area contributed by atoms with Gasteiger partial charge in [0, 0.05) is 16.0 Å². The summed E-state index contributed by atoms with van der Waals surface area (Å²) < 4.78 is 63.7. The number of ether oxygens (including phenoxy) is 3. The minimum Gasteiger partial charge on any atom is -0.388 e. The highest BCUT2D eigenvalue weighted by atomic mass is 35.5. The van der Waals surface area contributed by atoms with E-state index in [0.29, 0.717) is 15.9 Å². The third kappa shape index (κ3) is 5.62. The van der Waals surface area contributed by atoms with Crippen molar-refractivity contribution >= 4 is 34.5 Å². The van der Waals surface area contributed by atoms with Crippen molar-refractivity contribution in [2.24, 2.45) is 0 Å². The van der Waals surface area contributed by atoms with E-state index in [-0.39, 0.29) is 29.0 Å². The molecule has 0 bridgehead atoms. The first-order valence-electron chi connectivity index (χ1n) is 13.6. The van der Waals surface area contributed by atoms with E-state index in [0.717, 1.165) is 17.7 Å². The Bertz CT molecular complexity index is 1840. The number of fused-ring (bicyclic) bond motifs is 1. The number of hydrogen-bond donors (Lipinski definition) is 1. The minimum atomic E-state index is -4.72. The summed E-state index contributed by atoms with van der Waals surface area (Å²) in [7, 11) is 0. The fraction of sp³-hybridized carbons (Fsp3) is 0.321. The second kappa shape index (κ2) is 11.7. The van der Waals surface area contributed by atoms with Gasteiger partial charge in [0.05, 0.1) is 24.1 Å². The zero-order chi connectivity index (χ0) is 31.5. The molecule has 3 aromatic heterocycles. The van der Waals surface area contributed by atoms with E-state index < -0.39 is 48.5 Å². The number of aliphatic hydroxyl groups is 1. The van der Waals surface area contributed by atoms with Crippen molar-refractivity contribution in [2.75, 3.05) is 6.61 Å². The molecule has 2 saturated heterocycles. The summed E-state index contributed by atoms with van der Waals surface area (Å²) >= 11 is 13.4. The van der Waals surface area contributed by atoms with Crippen LogP contribution in [-0.4, -0.2) is 64.8 Å². The van der Waals surface area contributed by atoms with E-state index in [1.54, 1.807) is 11.6 Å². The molecular weight excluding hydrogens is 658 g/mol. The van der Waals surface area contributed by atoms with Crippen LogP contribution in [0.5, 0.6) is 0 Å². The van der Waals surface area contributed by atoms with Crippen molar-refractivity contribution < 1.29 is 32.5 Å². The van der Waals surface area contributed by atoms with Gasteiger partial charge in [0.1, 0.15) is 52.1 Å². The Balaban J connectivity index is 1.31. The standard InChI is InChI=1S/C28H22Cl2F3N7O4S/c1-13-35-37-25(40(13)18-9-15(29)7-8-16(18)28(31,32)33)24-22(41)21(39-10-17(36-38-39)26-34-20(30)12-45-26)23-19(43-24)11-42-27(44-23)14-5-3-2-4-6-14/h2-10,12,19,21-24,27,41H,11H2,1H3/t19?,21?,22?,23-,24+,27?/m0/s1. The molecule has 4 unspecified atom stereocenters. The molecule has 0 radical (unpaired) electrons. The molecule has 2 aliphatic heterocycles. The molecule has 45 heavy (non-hydrogen) atoms. The summed E-state index contributed by atoms with van der Waals surface area (Å²) in [6, 6.07) is 11.5. The largest absolute Gasteiger partial charge is 0.418 e. The van der Waals surface area contributed by atoms with Crippen LogP contribution < -0.4 is 0 Å². The van der Waals surface area contributed by atoms with Gasteiger partial charge in [-0.25, -0.2) is 9.67 Å². The molecule has 2 aromatic carbocycles. The number of alkyl halides is 3. The van der Waals surface area contributed by atoms with E-state index in [1.165, 1.54) is 33.6 Å². The fourth-order valence-corrected chi connectivity index (χ4v) is 6.66. The van der Waals surface area contributed by atoms with Gasteiger partial charge in [0.25, 0.3) is 0 Å². The summed E-state index contributed by atoms with van der Waals surface area (Å²) in [6.07, 6.45) is -8.27.